The summed E-state index contributed by atoms with van der Waals surface area (Å²) < 4.78 is 18.9. The van der Waals surface area contributed by atoms with E-state index in [-0.39, 0.29) is 24.3 Å². The van der Waals surface area contributed by atoms with Crippen molar-refractivity contribution in [1.29, 1.82) is 0 Å². The summed E-state index contributed by atoms with van der Waals surface area (Å²) in [6.45, 7) is 2.94. The number of fused-ring (bicyclic) bond motifs is 1. The van der Waals surface area contributed by atoms with Crippen LogP contribution in [0.4, 0.5) is 10.2 Å². The second-order valence-corrected chi connectivity index (χ2v) is 6.94. The molecule has 1 aliphatic rings. The van der Waals surface area contributed by atoms with Crippen LogP contribution >= 0.6 is 0 Å². The van der Waals surface area contributed by atoms with Crippen LogP contribution in [-0.2, 0) is 4.79 Å². The molecule has 156 valence electrons. The number of likely N-dealkylation sites (tertiary alicyclic amines) is 1. The normalized spacial score (nSPS) is 15.0. The molecular weight excluding hydrogens is 397 g/mol. The summed E-state index contributed by atoms with van der Waals surface area (Å²) in [6, 6.07) is 8.14. The molecular formula is C23H20FN5O2. The van der Waals surface area contributed by atoms with E-state index in [1.807, 2.05) is 6.07 Å². The van der Waals surface area contributed by atoms with Gasteiger partial charge < -0.3 is 19.9 Å². The maximum atomic E-state index is 13.6. The number of halogens is 1. The predicted molar refractivity (Wildman–Crippen MR) is 115 cm³/mol. The first kappa shape index (κ1) is 20.2. The molecule has 1 fully saturated rings. The fourth-order valence-electron chi connectivity index (χ4n) is 3.37. The van der Waals surface area contributed by atoms with Gasteiger partial charge in [0.2, 0.25) is 0 Å². The molecule has 2 aromatic heterocycles. The first-order valence-corrected chi connectivity index (χ1v) is 9.82. The van der Waals surface area contributed by atoms with Gasteiger partial charge in [-0.05, 0) is 43.4 Å². The molecule has 0 saturated carbocycles. The SMILES string of the molecule is CC#CC(=O)N1CCC(Nc2ncnc3[nH]c(C#CCOc4ccccc4F)cc23)C1. The van der Waals surface area contributed by atoms with Crippen molar-refractivity contribution in [2.75, 3.05) is 25.0 Å². The zero-order chi connectivity index (χ0) is 21.6. The minimum absolute atomic E-state index is 0.0552. The number of aromatic nitrogens is 3. The van der Waals surface area contributed by atoms with Crippen molar-refractivity contribution >= 4 is 22.8 Å². The van der Waals surface area contributed by atoms with Gasteiger partial charge in [-0.2, -0.15) is 0 Å². The van der Waals surface area contributed by atoms with Gasteiger partial charge in [0.1, 0.15) is 24.4 Å². The second-order valence-electron chi connectivity index (χ2n) is 6.94. The number of carbonyl (C=O) groups excluding carboxylic acids is 1. The lowest BCUT2D eigenvalue weighted by Crippen LogP contribution is -2.30. The second kappa shape index (κ2) is 9.19. The Hall–Kier alpha value is -4.04. The molecule has 0 radical (unpaired) electrons. The Morgan fingerprint density at radius 1 is 1.39 bits per heavy atom. The van der Waals surface area contributed by atoms with Gasteiger partial charge in [-0.25, -0.2) is 14.4 Å². The Bertz CT molecular complexity index is 1230. The zero-order valence-corrected chi connectivity index (χ0v) is 16.9. The van der Waals surface area contributed by atoms with Crippen LogP contribution in [-0.4, -0.2) is 51.5 Å². The molecule has 3 aromatic rings. The summed E-state index contributed by atoms with van der Waals surface area (Å²) in [5.74, 6) is 11.3. The number of ether oxygens (including phenoxy) is 1. The molecule has 2 N–H and O–H groups in total. The fourth-order valence-corrected chi connectivity index (χ4v) is 3.37. The first-order chi connectivity index (χ1) is 15.1. The highest BCUT2D eigenvalue weighted by Crippen LogP contribution is 2.23. The third-order valence-electron chi connectivity index (χ3n) is 4.83. The topological polar surface area (TPSA) is 83.1 Å². The van der Waals surface area contributed by atoms with Crippen molar-refractivity contribution in [1.82, 2.24) is 19.9 Å². The van der Waals surface area contributed by atoms with Crippen LogP contribution in [0.2, 0.25) is 0 Å². The Balaban J connectivity index is 1.42. The van der Waals surface area contributed by atoms with Crippen molar-refractivity contribution in [3.63, 3.8) is 0 Å². The summed E-state index contributed by atoms with van der Waals surface area (Å²) in [6.07, 6.45) is 2.28. The fraction of sp³-hybridized carbons (Fsp3) is 0.261. The number of H-pyrrole nitrogens is 1. The predicted octanol–water partition coefficient (Wildman–Crippen LogP) is 2.56. The van der Waals surface area contributed by atoms with E-state index in [0.717, 1.165) is 11.8 Å². The summed E-state index contributed by atoms with van der Waals surface area (Å²) in [7, 11) is 0. The van der Waals surface area contributed by atoms with E-state index in [1.54, 1.807) is 30.0 Å². The van der Waals surface area contributed by atoms with Gasteiger partial charge in [0, 0.05) is 19.1 Å². The average molecular weight is 417 g/mol. The third kappa shape index (κ3) is 4.76. The summed E-state index contributed by atoms with van der Waals surface area (Å²) >= 11 is 0. The van der Waals surface area contributed by atoms with Gasteiger partial charge in [0.15, 0.2) is 11.6 Å². The van der Waals surface area contributed by atoms with Crippen molar-refractivity contribution in [2.45, 2.75) is 19.4 Å². The number of rotatable bonds is 4. The summed E-state index contributed by atoms with van der Waals surface area (Å²) in [5.41, 5.74) is 1.30. The highest BCUT2D eigenvalue weighted by atomic mass is 19.1. The molecule has 1 aliphatic heterocycles. The van der Waals surface area contributed by atoms with Crippen LogP contribution in [0.15, 0.2) is 36.7 Å². The van der Waals surface area contributed by atoms with E-state index in [0.29, 0.717) is 30.2 Å². The number of nitrogens with one attached hydrogen (secondary N) is 2. The number of hydrogen-bond donors (Lipinski definition) is 2. The molecule has 3 heterocycles. The molecule has 0 aliphatic carbocycles. The van der Waals surface area contributed by atoms with E-state index >= 15 is 0 Å². The lowest BCUT2D eigenvalue weighted by molar-refractivity contribution is -0.124. The largest absolute Gasteiger partial charge is 0.478 e. The van der Waals surface area contributed by atoms with Crippen LogP contribution in [0.3, 0.4) is 0 Å². The molecule has 1 amide bonds. The molecule has 1 aromatic carbocycles. The van der Waals surface area contributed by atoms with Gasteiger partial charge in [0.25, 0.3) is 5.91 Å². The Labute approximate surface area is 179 Å². The zero-order valence-electron chi connectivity index (χ0n) is 16.9. The van der Waals surface area contributed by atoms with Crippen LogP contribution < -0.4 is 10.1 Å². The lowest BCUT2D eigenvalue weighted by Gasteiger charge is -2.15. The first-order valence-electron chi connectivity index (χ1n) is 9.82. The highest BCUT2D eigenvalue weighted by molar-refractivity contribution is 5.93. The Kier molecular flexibility index (Phi) is 6.00. The Morgan fingerprint density at radius 2 is 2.26 bits per heavy atom. The quantitative estimate of drug-likeness (QED) is 0.638. The molecule has 8 heteroatoms. The average Bonchev–Trinajstić information content (AvgIpc) is 3.40. The van der Waals surface area contributed by atoms with E-state index in [1.165, 1.54) is 12.4 Å². The Morgan fingerprint density at radius 3 is 3.10 bits per heavy atom. The standard InChI is InChI=1S/C23H20FN5O2/c1-2-6-21(30)29-11-10-17(14-29)28-23-18-13-16(27-22(18)25-15-26-23)7-5-12-31-20-9-4-3-8-19(20)24/h3-4,8-9,13,15,17H,10-12,14H2,1H3,(H2,25,26,27,28). The lowest BCUT2D eigenvalue weighted by atomic mass is 10.2. The van der Waals surface area contributed by atoms with Crippen molar-refractivity contribution < 1.29 is 13.9 Å². The van der Waals surface area contributed by atoms with Gasteiger partial charge in [-0.15, -0.1) is 0 Å². The summed E-state index contributed by atoms with van der Waals surface area (Å²) in [5, 5.41) is 4.20. The maximum absolute atomic E-state index is 13.6. The molecule has 1 unspecified atom stereocenters. The van der Waals surface area contributed by atoms with Crippen molar-refractivity contribution in [2.24, 2.45) is 0 Å². The molecule has 0 spiro atoms. The number of amides is 1. The van der Waals surface area contributed by atoms with Crippen LogP contribution in [0, 0.1) is 29.5 Å². The highest BCUT2D eigenvalue weighted by Gasteiger charge is 2.26. The van der Waals surface area contributed by atoms with Crippen LogP contribution in [0.25, 0.3) is 11.0 Å². The number of carbonyl (C=O) groups is 1. The number of hydrogen-bond acceptors (Lipinski definition) is 5. The number of aromatic amines is 1. The molecule has 1 atom stereocenters. The number of nitrogens with zero attached hydrogens (tertiary/aromatic N) is 3. The van der Waals surface area contributed by atoms with E-state index < -0.39 is 5.82 Å². The van der Waals surface area contributed by atoms with E-state index in [2.05, 4.69) is 44.0 Å². The molecule has 7 nitrogen and oxygen atoms in total. The number of para-hydroxylation sites is 1. The van der Waals surface area contributed by atoms with Gasteiger partial charge in [0.05, 0.1) is 11.1 Å². The van der Waals surface area contributed by atoms with Crippen molar-refractivity contribution in [3.8, 4) is 29.4 Å². The summed E-state index contributed by atoms with van der Waals surface area (Å²) in [4.78, 5) is 25.4. The van der Waals surface area contributed by atoms with Gasteiger partial charge in [-0.1, -0.05) is 24.0 Å². The smallest absolute Gasteiger partial charge is 0.298 e. The van der Waals surface area contributed by atoms with E-state index in [4.69, 9.17) is 4.74 Å². The van der Waals surface area contributed by atoms with Crippen LogP contribution in [0.5, 0.6) is 5.75 Å². The maximum Gasteiger partial charge on any atom is 0.298 e. The minimum atomic E-state index is -0.421. The molecule has 31 heavy (non-hydrogen) atoms. The van der Waals surface area contributed by atoms with E-state index in [9.17, 15) is 9.18 Å². The number of benzene rings is 1. The molecule has 1 saturated heterocycles. The monoisotopic (exact) mass is 417 g/mol. The number of anilines is 1. The third-order valence-corrected chi connectivity index (χ3v) is 4.83. The van der Waals surface area contributed by atoms with Crippen molar-refractivity contribution in [3.05, 3.63) is 48.2 Å². The van der Waals surface area contributed by atoms with Gasteiger partial charge in [-0.3, -0.25) is 4.79 Å². The molecule has 0 bridgehead atoms. The minimum Gasteiger partial charge on any atom is -0.478 e. The van der Waals surface area contributed by atoms with Crippen LogP contribution in [0.1, 0.15) is 19.0 Å². The molecule has 4 rings (SSSR count). The van der Waals surface area contributed by atoms with Gasteiger partial charge >= 0.3 is 0 Å².